The number of nitrogens with zero attached hydrogens (tertiary/aromatic N) is 4. The van der Waals surface area contributed by atoms with Gasteiger partial charge < -0.3 is 24.7 Å². The van der Waals surface area contributed by atoms with E-state index < -0.39 is 31.4 Å². The number of amides is 1. The lowest BCUT2D eigenvalue weighted by Gasteiger charge is -2.40. The fourth-order valence-corrected chi connectivity index (χ4v) is 9.78. The van der Waals surface area contributed by atoms with Crippen molar-refractivity contribution >= 4 is 60.0 Å². The number of nitrogens with one attached hydrogen (secondary N) is 3. The molecular formula is C41H43BrFN7O7S. The molecule has 17 heteroatoms. The molecule has 58 heavy (non-hydrogen) atoms. The number of aromatic nitrogens is 2. The maximum Gasteiger partial charge on any atom is 0.293 e. The summed E-state index contributed by atoms with van der Waals surface area (Å²) in [6, 6.07) is 15.4. The minimum atomic E-state index is -4.57. The number of aromatic amines is 1. The van der Waals surface area contributed by atoms with Crippen molar-refractivity contribution in [3.8, 4) is 11.5 Å². The lowest BCUT2D eigenvalue weighted by molar-refractivity contribution is -0.384. The van der Waals surface area contributed by atoms with Crippen LogP contribution in [0.1, 0.15) is 59.6 Å². The quantitative estimate of drug-likeness (QED) is 0.0675. The van der Waals surface area contributed by atoms with Gasteiger partial charge in [0, 0.05) is 85.9 Å². The van der Waals surface area contributed by atoms with E-state index in [1.165, 1.54) is 30.0 Å². The van der Waals surface area contributed by atoms with Crippen molar-refractivity contribution in [2.75, 3.05) is 56.2 Å². The molecule has 8 rings (SSSR count). The van der Waals surface area contributed by atoms with Crippen molar-refractivity contribution in [3.63, 3.8) is 0 Å². The summed E-state index contributed by atoms with van der Waals surface area (Å²) < 4.78 is 56.4. The zero-order valence-electron chi connectivity index (χ0n) is 31.6. The van der Waals surface area contributed by atoms with E-state index in [9.17, 15) is 27.7 Å². The van der Waals surface area contributed by atoms with Gasteiger partial charge in [-0.1, -0.05) is 22.4 Å². The summed E-state index contributed by atoms with van der Waals surface area (Å²) in [7, 11) is -4.57. The maximum absolute atomic E-state index is 14.6. The number of nitro benzene ring substituents is 1. The Morgan fingerprint density at radius 3 is 2.64 bits per heavy atom. The van der Waals surface area contributed by atoms with E-state index in [0.717, 1.165) is 78.8 Å². The van der Waals surface area contributed by atoms with E-state index in [4.69, 9.17) is 9.47 Å². The van der Waals surface area contributed by atoms with E-state index in [1.807, 2.05) is 6.07 Å². The summed E-state index contributed by atoms with van der Waals surface area (Å²) in [4.78, 5) is 36.8. The zero-order valence-corrected chi connectivity index (χ0v) is 34.0. The van der Waals surface area contributed by atoms with Crippen LogP contribution in [-0.4, -0.2) is 80.1 Å². The van der Waals surface area contributed by atoms with Gasteiger partial charge in [0.2, 0.25) is 0 Å². The summed E-state index contributed by atoms with van der Waals surface area (Å²) in [6.07, 6.45) is 8.83. The van der Waals surface area contributed by atoms with Crippen LogP contribution in [0.15, 0.2) is 82.4 Å². The Bertz CT molecular complexity index is 2450. The molecule has 1 amide bonds. The van der Waals surface area contributed by atoms with Gasteiger partial charge >= 0.3 is 0 Å². The Hall–Kier alpha value is -5.10. The average molecular weight is 877 g/mol. The number of piperazine rings is 1. The third-order valence-corrected chi connectivity index (χ3v) is 13.3. The first-order valence-electron chi connectivity index (χ1n) is 19.4. The van der Waals surface area contributed by atoms with Crippen LogP contribution in [0.5, 0.6) is 11.5 Å². The normalized spacial score (nSPS) is 18.0. The standard InChI is InChI=1S/C41H43BrFN7O7S/c42-35-21-28(43)20-34-32(35)3-1-2-4-37(34)49-15-13-48(14-16-49)29-5-7-33(39(22-29)57-30-19-27-9-12-44-40(27)46-25-30)41(51)47-58(54,55)31-6-8-36(38(23-31)50(52)53)45-24-26-10-17-56-18-11-26/h5-9,12,19-23,25-26,37,45H,1-4,10-11,13-18,24H2,(H,44,46)(H,47,51)/t37-/m1/s1. The number of benzene rings is 3. The van der Waals surface area contributed by atoms with Gasteiger partial charge in [-0.05, 0) is 97.7 Å². The minimum absolute atomic E-state index is 0.0629. The predicted octanol–water partition coefficient (Wildman–Crippen LogP) is 7.71. The number of hydrogen-bond donors (Lipinski definition) is 3. The molecule has 0 spiro atoms. The molecule has 0 unspecified atom stereocenters. The van der Waals surface area contributed by atoms with Gasteiger partial charge in [0.1, 0.15) is 28.7 Å². The Morgan fingerprint density at radius 2 is 1.84 bits per heavy atom. The molecule has 2 aliphatic heterocycles. The highest BCUT2D eigenvalue weighted by molar-refractivity contribution is 9.10. The number of halogens is 2. The molecule has 1 atom stereocenters. The van der Waals surface area contributed by atoms with Gasteiger partial charge in [0.25, 0.3) is 21.6 Å². The Balaban J connectivity index is 1.03. The molecule has 5 aromatic rings. The number of sulfonamides is 1. The first-order chi connectivity index (χ1) is 28.0. The molecule has 0 radical (unpaired) electrons. The minimum Gasteiger partial charge on any atom is -0.455 e. The van der Waals surface area contributed by atoms with Gasteiger partial charge in [0.05, 0.1) is 21.6 Å². The van der Waals surface area contributed by atoms with Crippen LogP contribution in [0, 0.1) is 21.8 Å². The maximum atomic E-state index is 14.6. The van der Waals surface area contributed by atoms with Gasteiger partial charge in [-0.3, -0.25) is 19.8 Å². The molecule has 2 fully saturated rings. The van der Waals surface area contributed by atoms with Crippen molar-refractivity contribution in [1.82, 2.24) is 19.6 Å². The summed E-state index contributed by atoms with van der Waals surface area (Å²) in [5.41, 5.74) is 3.32. The molecular weight excluding hydrogens is 833 g/mol. The molecule has 2 saturated heterocycles. The fourth-order valence-electron chi connectivity index (χ4n) is 8.15. The fraction of sp³-hybridized carbons (Fsp3) is 0.366. The van der Waals surface area contributed by atoms with E-state index >= 15 is 0 Å². The second-order valence-corrected chi connectivity index (χ2v) is 17.5. The topological polar surface area (TPSA) is 172 Å². The molecule has 1 aliphatic carbocycles. The summed E-state index contributed by atoms with van der Waals surface area (Å²) in [5.74, 6) is -0.531. The molecule has 14 nitrogen and oxygen atoms in total. The van der Waals surface area contributed by atoms with Crippen LogP contribution in [0.3, 0.4) is 0 Å². The van der Waals surface area contributed by atoms with Crippen LogP contribution in [-0.2, 0) is 21.2 Å². The molecule has 0 bridgehead atoms. The van der Waals surface area contributed by atoms with Gasteiger partial charge in [0.15, 0.2) is 0 Å². The molecule has 4 heterocycles. The number of anilines is 2. The number of pyridine rings is 1. The van der Waals surface area contributed by atoms with Crippen LogP contribution in [0.2, 0.25) is 0 Å². The molecule has 3 aliphatic rings. The van der Waals surface area contributed by atoms with E-state index in [-0.39, 0.29) is 34.8 Å². The Labute approximate surface area is 343 Å². The van der Waals surface area contributed by atoms with E-state index in [2.05, 4.69) is 45.7 Å². The average Bonchev–Trinajstić information content (AvgIpc) is 3.58. The van der Waals surface area contributed by atoms with E-state index in [0.29, 0.717) is 44.2 Å². The number of rotatable bonds is 11. The molecule has 0 saturated carbocycles. The van der Waals surface area contributed by atoms with Crippen molar-refractivity contribution < 1.29 is 32.0 Å². The third-order valence-electron chi connectivity index (χ3n) is 11.3. The SMILES string of the molecule is O=C(NS(=O)(=O)c1ccc(NCC2CCOCC2)c([N+](=O)[O-])c1)c1ccc(N2CCN([C@@H]3CCCCc4c(Br)cc(F)cc43)CC2)cc1Oc1cnc2[nH]ccc2c1. The van der Waals surface area contributed by atoms with E-state index in [1.54, 1.807) is 36.5 Å². The number of H-pyrrole nitrogens is 1. The van der Waals surface area contributed by atoms with Crippen molar-refractivity contribution in [3.05, 3.63) is 110 Å². The highest BCUT2D eigenvalue weighted by Crippen LogP contribution is 2.39. The third kappa shape index (κ3) is 8.67. The van der Waals surface area contributed by atoms with Crippen molar-refractivity contribution in [2.24, 2.45) is 5.92 Å². The highest BCUT2D eigenvalue weighted by Gasteiger charge is 2.31. The first kappa shape index (κ1) is 39.7. The Morgan fingerprint density at radius 1 is 1.03 bits per heavy atom. The number of carbonyl (C=O) groups excluding carboxylic acids is 1. The van der Waals surface area contributed by atoms with Crippen LogP contribution in [0.4, 0.5) is 21.5 Å². The lowest BCUT2D eigenvalue weighted by atomic mass is 9.97. The predicted molar refractivity (Wildman–Crippen MR) is 221 cm³/mol. The Kier molecular flexibility index (Phi) is 11.6. The zero-order chi connectivity index (χ0) is 40.4. The number of hydrogen-bond acceptors (Lipinski definition) is 11. The summed E-state index contributed by atoms with van der Waals surface area (Å²) in [6.45, 7) is 4.46. The molecule has 2 aromatic heterocycles. The summed E-state index contributed by atoms with van der Waals surface area (Å²) in [5, 5.41) is 15.9. The summed E-state index contributed by atoms with van der Waals surface area (Å²) >= 11 is 3.59. The van der Waals surface area contributed by atoms with Gasteiger partial charge in [-0.15, -0.1) is 0 Å². The smallest absolute Gasteiger partial charge is 0.293 e. The van der Waals surface area contributed by atoms with Crippen molar-refractivity contribution in [2.45, 2.75) is 49.5 Å². The van der Waals surface area contributed by atoms with Gasteiger partial charge in [-0.25, -0.2) is 22.5 Å². The van der Waals surface area contributed by atoms with Crippen LogP contribution >= 0.6 is 15.9 Å². The second-order valence-electron chi connectivity index (χ2n) is 14.9. The number of fused-ring (bicyclic) bond motifs is 2. The largest absolute Gasteiger partial charge is 0.455 e. The number of nitro groups is 1. The van der Waals surface area contributed by atoms with Crippen LogP contribution < -0.4 is 19.7 Å². The molecule has 304 valence electrons. The second kappa shape index (κ2) is 17.0. The number of carbonyl (C=O) groups is 1. The van der Waals surface area contributed by atoms with Gasteiger partial charge in [-0.2, -0.15) is 0 Å². The molecule has 3 N–H and O–H groups in total. The lowest BCUT2D eigenvalue weighted by Crippen LogP contribution is -2.47. The van der Waals surface area contributed by atoms with Crippen LogP contribution in [0.25, 0.3) is 11.0 Å². The number of ether oxygens (including phenoxy) is 2. The van der Waals surface area contributed by atoms with Crippen molar-refractivity contribution in [1.29, 1.82) is 0 Å². The highest BCUT2D eigenvalue weighted by atomic mass is 79.9. The monoisotopic (exact) mass is 875 g/mol. The first-order valence-corrected chi connectivity index (χ1v) is 21.7. The molecule has 3 aromatic carbocycles.